The molecule has 3 aromatic rings. The summed E-state index contributed by atoms with van der Waals surface area (Å²) < 4.78 is 2.37. The maximum absolute atomic E-state index is 12.7. The van der Waals surface area contributed by atoms with Crippen molar-refractivity contribution in [2.24, 2.45) is 12.8 Å². The Hall–Kier alpha value is -3.60. The van der Waals surface area contributed by atoms with Gasteiger partial charge in [-0.3, -0.25) is 4.79 Å². The number of carbonyl (C=O) groups excluding carboxylic acids is 1. The summed E-state index contributed by atoms with van der Waals surface area (Å²) in [5.41, 5.74) is 12.7. The lowest BCUT2D eigenvalue weighted by molar-refractivity contribution is 0.0942. The molecule has 0 fully saturated rings. The van der Waals surface area contributed by atoms with E-state index in [9.17, 15) is 4.79 Å². The minimum Gasteiger partial charge on any atom is -0.405 e. The van der Waals surface area contributed by atoms with E-state index in [0.29, 0.717) is 45.7 Å². The zero-order valence-corrected chi connectivity index (χ0v) is 15.9. The van der Waals surface area contributed by atoms with Crippen LogP contribution in [-0.4, -0.2) is 37.4 Å². The van der Waals surface area contributed by atoms with Crippen LogP contribution in [0, 0.1) is 10.8 Å². The number of allylic oxidation sites excluding steroid dienone is 1. The Morgan fingerprint density at radius 1 is 1.43 bits per heavy atom. The quantitative estimate of drug-likeness (QED) is 0.371. The van der Waals surface area contributed by atoms with Gasteiger partial charge in [-0.2, -0.15) is 0 Å². The van der Waals surface area contributed by atoms with Gasteiger partial charge in [0.2, 0.25) is 0 Å². The third-order valence-electron chi connectivity index (χ3n) is 3.94. The van der Waals surface area contributed by atoms with Gasteiger partial charge in [-0.1, -0.05) is 0 Å². The molecule has 0 saturated carbocycles. The first-order chi connectivity index (χ1) is 13.4. The summed E-state index contributed by atoms with van der Waals surface area (Å²) in [7, 11) is 1.72. The Morgan fingerprint density at radius 2 is 2.21 bits per heavy atom. The highest BCUT2D eigenvalue weighted by molar-refractivity contribution is 7.19. The molecule has 0 spiro atoms. The highest BCUT2D eigenvalue weighted by atomic mass is 32.1. The van der Waals surface area contributed by atoms with Gasteiger partial charge < -0.3 is 32.2 Å². The third-order valence-corrected chi connectivity index (χ3v) is 5.02. The average Bonchev–Trinajstić information content (AvgIpc) is 3.17. The number of nitrogens with two attached hydrogens (primary N) is 2. The van der Waals surface area contributed by atoms with E-state index >= 15 is 0 Å². The van der Waals surface area contributed by atoms with Gasteiger partial charge in [-0.05, 0) is 18.3 Å². The van der Waals surface area contributed by atoms with Crippen molar-refractivity contribution in [3.05, 3.63) is 46.6 Å². The van der Waals surface area contributed by atoms with Gasteiger partial charge in [0, 0.05) is 37.2 Å². The molecule has 28 heavy (non-hydrogen) atoms. The predicted molar refractivity (Wildman–Crippen MR) is 109 cm³/mol. The molecule has 1 amide bonds. The first kappa shape index (κ1) is 19.2. The molecule has 3 aromatic heterocycles. The number of rotatable bonds is 7. The summed E-state index contributed by atoms with van der Waals surface area (Å²) in [5, 5.41) is 19.1. The molecule has 3 rings (SSSR count). The van der Waals surface area contributed by atoms with Crippen molar-refractivity contribution in [3.63, 3.8) is 0 Å². The molecule has 0 aliphatic carbocycles. The van der Waals surface area contributed by atoms with Crippen LogP contribution in [-0.2, 0) is 20.0 Å². The van der Waals surface area contributed by atoms with Gasteiger partial charge in [0.05, 0.1) is 11.2 Å². The maximum Gasteiger partial charge on any atom is 0.269 e. The molecule has 0 aliphatic rings. The second kappa shape index (κ2) is 7.96. The molecule has 0 atom stereocenters. The molecule has 3 heterocycles. The molecule has 0 bridgehead atoms. The second-order valence-electron chi connectivity index (χ2n) is 5.87. The molecule has 10 nitrogen and oxygen atoms in total. The Labute approximate surface area is 164 Å². The molecule has 0 radical (unpaired) electrons. The normalized spacial score (nSPS) is 11.2. The van der Waals surface area contributed by atoms with E-state index in [4.69, 9.17) is 22.3 Å². The molecule has 0 unspecified atom stereocenters. The summed E-state index contributed by atoms with van der Waals surface area (Å²) in [6.45, 7) is 0.113. The van der Waals surface area contributed by atoms with E-state index in [0.717, 1.165) is 10.9 Å². The number of aromatic nitrogens is 4. The Balaban J connectivity index is 1.87. The number of aryl methyl sites for hydroxylation is 1. The number of hydrogen-bond acceptors (Lipinski definition) is 9. The lowest BCUT2D eigenvalue weighted by Crippen LogP contribution is -2.27. The maximum atomic E-state index is 12.7. The fourth-order valence-electron chi connectivity index (χ4n) is 2.72. The largest absolute Gasteiger partial charge is 0.405 e. The zero-order valence-electron chi connectivity index (χ0n) is 15.1. The Morgan fingerprint density at radius 3 is 2.89 bits per heavy atom. The van der Waals surface area contributed by atoms with Crippen LogP contribution < -0.4 is 16.8 Å². The minimum absolute atomic E-state index is 0.113. The lowest BCUT2D eigenvalue weighted by Gasteiger charge is -2.07. The van der Waals surface area contributed by atoms with Crippen molar-refractivity contribution in [3.8, 4) is 0 Å². The SMILES string of the molecule is Cn1c(C(=O)NCc2nccc(N)n2)c(C=N)c2sc(CC(=N)/C=C\N)nc21. The van der Waals surface area contributed by atoms with E-state index in [1.807, 2.05) is 0 Å². The summed E-state index contributed by atoms with van der Waals surface area (Å²) in [4.78, 5) is 25.3. The fourth-order valence-corrected chi connectivity index (χ4v) is 3.85. The van der Waals surface area contributed by atoms with E-state index in [2.05, 4.69) is 20.3 Å². The number of nitrogens with zero attached hydrogens (tertiary/aromatic N) is 4. The van der Waals surface area contributed by atoms with Crippen molar-refractivity contribution in [2.45, 2.75) is 13.0 Å². The van der Waals surface area contributed by atoms with Crippen molar-refractivity contribution in [1.82, 2.24) is 24.8 Å². The smallest absolute Gasteiger partial charge is 0.269 e. The van der Waals surface area contributed by atoms with Crippen LogP contribution in [0.2, 0.25) is 0 Å². The molecule has 0 aliphatic heterocycles. The van der Waals surface area contributed by atoms with Gasteiger partial charge in [0.25, 0.3) is 5.91 Å². The van der Waals surface area contributed by atoms with Crippen LogP contribution in [0.3, 0.4) is 0 Å². The number of carbonyl (C=O) groups is 1. The number of amides is 1. The standard InChI is InChI=1S/C17H19N9OS/c1-26-14(17(27)23-8-12-22-5-3-11(21)24-12)10(7-19)15-16(26)25-13(28-15)6-9(20)2-4-18/h2-5,7,19-20H,6,8,18H2,1H3,(H,23,27)(H2,21,22,24)/b4-2-,19-7?,20-9?. The molecular weight excluding hydrogens is 378 g/mol. The predicted octanol–water partition coefficient (Wildman–Crippen LogP) is 0.969. The Bertz CT molecular complexity index is 1100. The molecule has 7 N–H and O–H groups in total. The fraction of sp³-hybridized carbons (Fsp3) is 0.176. The molecular formula is C17H19N9OS. The van der Waals surface area contributed by atoms with Gasteiger partial charge in [0.15, 0.2) is 5.65 Å². The lowest BCUT2D eigenvalue weighted by atomic mass is 10.2. The third kappa shape index (κ3) is 3.74. The number of thiazole rings is 1. The van der Waals surface area contributed by atoms with Gasteiger partial charge in [0.1, 0.15) is 22.3 Å². The second-order valence-corrected chi connectivity index (χ2v) is 6.95. The van der Waals surface area contributed by atoms with Crippen LogP contribution in [0.4, 0.5) is 5.82 Å². The van der Waals surface area contributed by atoms with Crippen molar-refractivity contribution >= 4 is 45.3 Å². The van der Waals surface area contributed by atoms with Crippen LogP contribution in [0.5, 0.6) is 0 Å². The van der Waals surface area contributed by atoms with Crippen LogP contribution >= 0.6 is 11.3 Å². The summed E-state index contributed by atoms with van der Waals surface area (Å²) in [6, 6.07) is 1.57. The molecule has 0 saturated heterocycles. The summed E-state index contributed by atoms with van der Waals surface area (Å²) >= 11 is 1.35. The summed E-state index contributed by atoms with van der Waals surface area (Å²) in [5.74, 6) is 0.357. The van der Waals surface area contributed by atoms with Gasteiger partial charge in [-0.15, -0.1) is 11.3 Å². The summed E-state index contributed by atoms with van der Waals surface area (Å²) in [6.07, 6.45) is 5.81. The monoisotopic (exact) mass is 397 g/mol. The van der Waals surface area contributed by atoms with Gasteiger partial charge in [-0.25, -0.2) is 15.0 Å². The highest BCUT2D eigenvalue weighted by Crippen LogP contribution is 2.30. The van der Waals surface area contributed by atoms with Crippen LogP contribution in [0.15, 0.2) is 24.5 Å². The average molecular weight is 397 g/mol. The number of nitrogen functional groups attached to an aromatic ring is 1. The molecule has 11 heteroatoms. The number of anilines is 1. The van der Waals surface area contributed by atoms with Gasteiger partial charge >= 0.3 is 0 Å². The zero-order chi connectivity index (χ0) is 20.3. The van der Waals surface area contributed by atoms with Crippen LogP contribution in [0.1, 0.15) is 26.9 Å². The molecule has 144 valence electrons. The van der Waals surface area contributed by atoms with Crippen molar-refractivity contribution in [1.29, 1.82) is 10.8 Å². The Kier molecular flexibility index (Phi) is 5.45. The first-order valence-corrected chi connectivity index (χ1v) is 9.06. The van der Waals surface area contributed by atoms with E-state index < -0.39 is 0 Å². The first-order valence-electron chi connectivity index (χ1n) is 8.24. The molecule has 0 aromatic carbocycles. The minimum atomic E-state index is -0.363. The van der Waals surface area contributed by atoms with Crippen molar-refractivity contribution in [2.75, 3.05) is 5.73 Å². The topological polar surface area (TPSA) is 172 Å². The van der Waals surface area contributed by atoms with Crippen LogP contribution in [0.25, 0.3) is 10.3 Å². The number of hydrogen-bond donors (Lipinski definition) is 5. The van der Waals surface area contributed by atoms with E-state index in [-0.39, 0.29) is 12.5 Å². The highest BCUT2D eigenvalue weighted by Gasteiger charge is 2.23. The number of nitrogens with one attached hydrogen (secondary N) is 3. The van der Waals surface area contributed by atoms with E-state index in [1.165, 1.54) is 29.8 Å². The van der Waals surface area contributed by atoms with E-state index in [1.54, 1.807) is 17.7 Å². The van der Waals surface area contributed by atoms with Crippen molar-refractivity contribution < 1.29 is 4.79 Å². The number of fused-ring (bicyclic) bond motifs is 1.